The summed E-state index contributed by atoms with van der Waals surface area (Å²) >= 11 is 5.42. The van der Waals surface area contributed by atoms with Gasteiger partial charge in [0.25, 0.3) is 0 Å². The number of ether oxygens (including phenoxy) is 1. The highest BCUT2D eigenvalue weighted by Crippen LogP contribution is 2.30. The second-order valence-electron chi connectivity index (χ2n) is 8.33. The third-order valence-electron chi connectivity index (χ3n) is 5.95. The molecular formula is C26H24F3N5O2S. The number of aromatic nitrogens is 3. The Labute approximate surface area is 216 Å². The van der Waals surface area contributed by atoms with E-state index in [9.17, 15) is 18.3 Å². The molecule has 2 atom stereocenters. The number of thiocarbonyl (C=S) groups is 1. The third-order valence-corrected chi connectivity index (χ3v) is 6.27. The Morgan fingerprint density at radius 2 is 1.92 bits per heavy atom. The Morgan fingerprint density at radius 3 is 2.49 bits per heavy atom. The van der Waals surface area contributed by atoms with Gasteiger partial charge in [-0.15, -0.1) is 0 Å². The fourth-order valence-electron chi connectivity index (χ4n) is 3.83. The first kappa shape index (κ1) is 26.2. The van der Waals surface area contributed by atoms with Crippen LogP contribution in [-0.4, -0.2) is 44.3 Å². The van der Waals surface area contributed by atoms with E-state index in [1.807, 2.05) is 18.2 Å². The Kier molecular flexibility index (Phi) is 7.84. The van der Waals surface area contributed by atoms with E-state index in [-0.39, 0.29) is 23.2 Å². The normalized spacial score (nSPS) is 16.1. The number of hydrogen-bond acceptors (Lipinski definition) is 6. The average Bonchev–Trinajstić information content (AvgIpc) is 3.40. The molecule has 192 valence electrons. The van der Waals surface area contributed by atoms with Crippen LogP contribution in [0.4, 0.5) is 13.2 Å². The number of nitrogens with one attached hydrogen (secondary N) is 2. The monoisotopic (exact) mass is 527 g/mol. The van der Waals surface area contributed by atoms with Gasteiger partial charge in [0.1, 0.15) is 17.1 Å². The maximum absolute atomic E-state index is 12.8. The lowest BCUT2D eigenvalue weighted by Crippen LogP contribution is -2.33. The van der Waals surface area contributed by atoms with E-state index in [1.165, 1.54) is 23.1 Å². The van der Waals surface area contributed by atoms with E-state index in [1.54, 1.807) is 31.4 Å². The maximum atomic E-state index is 12.8. The summed E-state index contributed by atoms with van der Waals surface area (Å²) in [7, 11) is 1.57. The number of allylic oxidation sites excluding steroid dienone is 3. The molecule has 1 aliphatic carbocycles. The minimum Gasteiger partial charge on any atom is -0.497 e. The first-order chi connectivity index (χ1) is 17.7. The van der Waals surface area contributed by atoms with E-state index in [2.05, 4.69) is 15.4 Å². The highest BCUT2D eigenvalue weighted by atomic mass is 32.1. The van der Waals surface area contributed by atoms with Crippen LogP contribution in [0.25, 0.3) is 5.69 Å². The predicted octanol–water partition coefficient (Wildman–Crippen LogP) is 4.93. The Balaban J connectivity index is 1.36. The largest absolute Gasteiger partial charge is 0.497 e. The molecule has 0 fully saturated rings. The van der Waals surface area contributed by atoms with Gasteiger partial charge in [-0.3, -0.25) is 0 Å². The Hall–Kier alpha value is -3.83. The number of halogens is 3. The van der Waals surface area contributed by atoms with Gasteiger partial charge in [-0.2, -0.15) is 18.3 Å². The molecule has 0 amide bonds. The van der Waals surface area contributed by atoms with Crippen molar-refractivity contribution in [1.82, 2.24) is 20.1 Å². The fourth-order valence-corrected chi connectivity index (χ4v) is 4.09. The molecule has 2 aromatic carbocycles. The summed E-state index contributed by atoms with van der Waals surface area (Å²) in [6.45, 7) is -0.267. The molecule has 3 aromatic rings. The van der Waals surface area contributed by atoms with Crippen LogP contribution in [-0.2, 0) is 6.18 Å². The Morgan fingerprint density at radius 1 is 1.22 bits per heavy atom. The standard InChI is InChI=1S/C26H24F3N5O2S/c1-36-21-12-4-16(5-13-21)22(14-35)23(30)25(37)32-19-8-2-17(3-9-19)24-31-15-34(33-24)20-10-6-18(7-11-20)26(27,28)29/h2,4-13,15,17,22,30,35H,3,14H2,1H3,(H,32,37). The smallest absolute Gasteiger partial charge is 0.416 e. The number of aliphatic hydroxyl groups excluding tert-OH is 1. The topological polar surface area (TPSA) is 96.0 Å². The van der Waals surface area contributed by atoms with Gasteiger partial charge in [0, 0.05) is 11.6 Å². The average molecular weight is 528 g/mol. The summed E-state index contributed by atoms with van der Waals surface area (Å²) in [5, 5.41) is 25.8. The molecule has 0 bridgehead atoms. The van der Waals surface area contributed by atoms with E-state index >= 15 is 0 Å². The van der Waals surface area contributed by atoms with Gasteiger partial charge in [-0.25, -0.2) is 9.67 Å². The van der Waals surface area contributed by atoms with Crippen molar-refractivity contribution in [2.45, 2.75) is 24.4 Å². The summed E-state index contributed by atoms with van der Waals surface area (Å²) in [6.07, 6.45) is 3.25. The summed E-state index contributed by atoms with van der Waals surface area (Å²) in [4.78, 5) is 4.52. The van der Waals surface area contributed by atoms with Crippen molar-refractivity contribution in [1.29, 1.82) is 5.41 Å². The van der Waals surface area contributed by atoms with Gasteiger partial charge in [-0.1, -0.05) is 36.5 Å². The van der Waals surface area contributed by atoms with Crippen LogP contribution in [0.5, 0.6) is 5.75 Å². The second-order valence-corrected chi connectivity index (χ2v) is 8.74. The van der Waals surface area contributed by atoms with Gasteiger partial charge < -0.3 is 20.6 Å². The van der Waals surface area contributed by atoms with E-state index in [0.717, 1.165) is 17.7 Å². The van der Waals surface area contributed by atoms with E-state index in [0.29, 0.717) is 29.4 Å². The summed E-state index contributed by atoms with van der Waals surface area (Å²) in [5.41, 5.74) is 1.30. The number of aliphatic hydroxyl groups is 1. The molecule has 4 rings (SSSR count). The molecule has 1 heterocycles. The molecule has 0 saturated carbocycles. The van der Waals surface area contributed by atoms with Crippen LogP contribution in [0, 0.1) is 5.41 Å². The molecule has 0 aliphatic heterocycles. The zero-order chi connectivity index (χ0) is 26.6. The van der Waals surface area contributed by atoms with Crippen LogP contribution in [0.15, 0.2) is 78.8 Å². The van der Waals surface area contributed by atoms with E-state index < -0.39 is 17.7 Å². The number of rotatable bonds is 8. The maximum Gasteiger partial charge on any atom is 0.416 e. The highest BCUT2D eigenvalue weighted by Gasteiger charge is 2.30. The highest BCUT2D eigenvalue weighted by molar-refractivity contribution is 7.82. The van der Waals surface area contributed by atoms with Crippen molar-refractivity contribution in [3.63, 3.8) is 0 Å². The minimum atomic E-state index is -4.40. The van der Waals surface area contributed by atoms with Crippen molar-refractivity contribution in [3.8, 4) is 11.4 Å². The Bertz CT molecular complexity index is 1330. The first-order valence-electron chi connectivity index (χ1n) is 11.3. The van der Waals surface area contributed by atoms with Gasteiger partial charge in [0.2, 0.25) is 0 Å². The predicted molar refractivity (Wildman–Crippen MR) is 137 cm³/mol. The van der Waals surface area contributed by atoms with Gasteiger partial charge in [0.05, 0.1) is 36.6 Å². The summed E-state index contributed by atoms with van der Waals surface area (Å²) in [5.74, 6) is 0.504. The zero-order valence-corrected chi connectivity index (χ0v) is 20.6. The molecular weight excluding hydrogens is 503 g/mol. The molecule has 0 radical (unpaired) electrons. The lowest BCUT2D eigenvalue weighted by Gasteiger charge is -2.20. The van der Waals surface area contributed by atoms with Gasteiger partial charge in [-0.05, 0) is 54.5 Å². The van der Waals surface area contributed by atoms with Crippen LogP contribution in [0.1, 0.15) is 35.2 Å². The molecule has 11 heteroatoms. The van der Waals surface area contributed by atoms with Crippen LogP contribution >= 0.6 is 12.2 Å². The van der Waals surface area contributed by atoms with Gasteiger partial charge >= 0.3 is 6.18 Å². The summed E-state index contributed by atoms with van der Waals surface area (Å²) < 4.78 is 45.0. The van der Waals surface area contributed by atoms with Crippen molar-refractivity contribution < 1.29 is 23.0 Å². The molecule has 1 aliphatic rings. The molecule has 1 aromatic heterocycles. The quantitative estimate of drug-likeness (QED) is 0.284. The van der Waals surface area contributed by atoms with Crippen molar-refractivity contribution in [2.24, 2.45) is 0 Å². The molecule has 0 spiro atoms. The van der Waals surface area contributed by atoms with E-state index in [4.69, 9.17) is 22.4 Å². The van der Waals surface area contributed by atoms with Crippen LogP contribution in [0.3, 0.4) is 0 Å². The number of methoxy groups -OCH3 is 1. The molecule has 2 unspecified atom stereocenters. The number of hydrogen-bond donors (Lipinski definition) is 3. The lowest BCUT2D eigenvalue weighted by atomic mass is 9.94. The second kappa shape index (κ2) is 11.1. The van der Waals surface area contributed by atoms with Crippen molar-refractivity contribution >= 4 is 22.9 Å². The minimum absolute atomic E-state index is 0.0936. The zero-order valence-electron chi connectivity index (χ0n) is 19.7. The van der Waals surface area contributed by atoms with Crippen molar-refractivity contribution in [3.05, 3.63) is 95.7 Å². The SMILES string of the molecule is COc1ccc(C(CO)C(=N)C(=S)NC2=CCC(c3ncn(-c4ccc(C(F)(F)F)cc4)n3)C=C2)cc1. The van der Waals surface area contributed by atoms with Gasteiger partial charge in [0.15, 0.2) is 5.82 Å². The molecule has 3 N–H and O–H groups in total. The molecule has 7 nitrogen and oxygen atoms in total. The first-order valence-corrected chi connectivity index (χ1v) is 11.7. The fraction of sp³-hybridized carbons (Fsp3) is 0.231. The molecule has 0 saturated heterocycles. The van der Waals surface area contributed by atoms with Crippen molar-refractivity contribution in [2.75, 3.05) is 13.7 Å². The number of benzene rings is 2. The van der Waals surface area contributed by atoms with Crippen LogP contribution < -0.4 is 10.1 Å². The summed E-state index contributed by atoms with van der Waals surface area (Å²) in [6, 6.07) is 11.8. The lowest BCUT2D eigenvalue weighted by molar-refractivity contribution is -0.137. The van der Waals surface area contributed by atoms with Crippen LogP contribution in [0.2, 0.25) is 0 Å². The number of alkyl halides is 3. The third kappa shape index (κ3) is 6.12. The molecule has 37 heavy (non-hydrogen) atoms. The number of nitrogens with zero attached hydrogens (tertiary/aromatic N) is 3.